The van der Waals surface area contributed by atoms with Crippen LogP contribution in [0.5, 0.6) is 0 Å². The summed E-state index contributed by atoms with van der Waals surface area (Å²) in [5, 5.41) is 1.96. The molecule has 168 valence electrons. The molecule has 1 aliphatic rings. The Labute approximate surface area is 189 Å². The number of nitrogens with one attached hydrogen (secondary N) is 1. The summed E-state index contributed by atoms with van der Waals surface area (Å²) < 4.78 is 0. The van der Waals surface area contributed by atoms with E-state index in [-0.39, 0.29) is 6.04 Å². The highest BCUT2D eigenvalue weighted by molar-refractivity contribution is 5.63. The lowest BCUT2D eigenvalue weighted by Gasteiger charge is -2.26. The first-order valence-corrected chi connectivity index (χ1v) is 11.6. The van der Waals surface area contributed by atoms with Crippen molar-refractivity contribution in [3.8, 4) is 0 Å². The van der Waals surface area contributed by atoms with E-state index >= 15 is 0 Å². The molecule has 0 aromatic heterocycles. The minimum atomic E-state index is 0.209. The third-order valence-corrected chi connectivity index (χ3v) is 6.85. The van der Waals surface area contributed by atoms with E-state index in [0.29, 0.717) is 5.92 Å². The normalized spacial score (nSPS) is 15.6. The summed E-state index contributed by atoms with van der Waals surface area (Å²) in [6, 6.07) is 13.5. The lowest BCUT2D eigenvalue weighted by Crippen LogP contribution is -2.29. The van der Waals surface area contributed by atoms with Crippen LogP contribution >= 0.6 is 0 Å². The van der Waals surface area contributed by atoms with Crippen LogP contribution in [0.2, 0.25) is 0 Å². The van der Waals surface area contributed by atoms with Crippen molar-refractivity contribution in [3.63, 3.8) is 0 Å². The summed E-state index contributed by atoms with van der Waals surface area (Å²) in [5.41, 5.74) is 18.5. The lowest BCUT2D eigenvalue weighted by atomic mass is 9.90. The zero-order chi connectivity index (χ0) is 22.5. The number of hydrogen-bond acceptors (Lipinski definition) is 4. The highest BCUT2D eigenvalue weighted by atomic mass is 15.5. The van der Waals surface area contributed by atoms with Crippen LogP contribution in [0.1, 0.15) is 71.5 Å². The molecule has 0 spiro atoms. The molecule has 2 atom stereocenters. The zero-order valence-corrected chi connectivity index (χ0v) is 20.0. The number of nitrogens with two attached hydrogens (primary N) is 1. The van der Waals surface area contributed by atoms with E-state index in [1.807, 2.05) is 19.1 Å². The second-order valence-corrected chi connectivity index (χ2v) is 9.02. The van der Waals surface area contributed by atoms with Crippen molar-refractivity contribution in [1.82, 2.24) is 15.3 Å². The number of likely N-dealkylation sites (N-methyl/N-ethyl adjacent to an activating group) is 1. The van der Waals surface area contributed by atoms with Gasteiger partial charge < -0.3 is 15.6 Å². The van der Waals surface area contributed by atoms with Gasteiger partial charge in [-0.2, -0.15) is 0 Å². The zero-order valence-electron chi connectivity index (χ0n) is 20.0. The average molecular weight is 421 g/mol. The van der Waals surface area contributed by atoms with Gasteiger partial charge in [0.25, 0.3) is 0 Å². The molecule has 0 saturated carbocycles. The highest BCUT2D eigenvalue weighted by Crippen LogP contribution is 2.41. The van der Waals surface area contributed by atoms with Gasteiger partial charge in [0.1, 0.15) is 0 Å². The molecular weight excluding hydrogens is 380 g/mol. The maximum absolute atomic E-state index is 6.12. The van der Waals surface area contributed by atoms with Gasteiger partial charge >= 0.3 is 0 Å². The first-order valence-electron chi connectivity index (χ1n) is 11.6. The molecule has 0 heterocycles. The topological polar surface area (TPSA) is 44.5 Å². The molecule has 0 radical (unpaired) electrons. The van der Waals surface area contributed by atoms with E-state index in [9.17, 15) is 0 Å². The summed E-state index contributed by atoms with van der Waals surface area (Å²) in [7, 11) is 6.18. The average Bonchev–Trinajstić information content (AvgIpc) is 3.45. The molecular formula is C27H40N4. The van der Waals surface area contributed by atoms with Crippen molar-refractivity contribution in [2.75, 3.05) is 34.2 Å². The van der Waals surface area contributed by atoms with Crippen molar-refractivity contribution in [2.24, 2.45) is 5.73 Å². The van der Waals surface area contributed by atoms with Crippen LogP contribution < -0.4 is 11.2 Å². The lowest BCUT2D eigenvalue weighted by molar-refractivity contribution is 0.300. The monoisotopic (exact) mass is 420 g/mol. The fraction of sp³-hybridized carbons (Fsp3) is 0.481. The van der Waals surface area contributed by atoms with Gasteiger partial charge in [-0.15, -0.1) is 0 Å². The minimum Gasteiger partial charge on any atom is -0.320 e. The molecule has 2 unspecified atom stereocenters. The van der Waals surface area contributed by atoms with Crippen LogP contribution in [-0.2, 0) is 6.42 Å². The molecule has 0 amide bonds. The van der Waals surface area contributed by atoms with E-state index in [1.54, 1.807) is 0 Å². The molecule has 0 bridgehead atoms. The van der Waals surface area contributed by atoms with E-state index in [0.717, 1.165) is 31.6 Å². The smallest absolute Gasteiger partial charge is 0.0561 e. The van der Waals surface area contributed by atoms with Crippen LogP contribution in [0.25, 0.3) is 5.70 Å². The Morgan fingerprint density at radius 1 is 1.19 bits per heavy atom. The number of unbranched alkanes of at least 4 members (excludes halogenated alkanes) is 1. The van der Waals surface area contributed by atoms with Gasteiger partial charge in [0.2, 0.25) is 0 Å². The number of aryl methyl sites for hydroxylation is 2. The molecule has 0 fully saturated rings. The molecule has 2 aromatic carbocycles. The third kappa shape index (κ3) is 5.57. The van der Waals surface area contributed by atoms with Crippen LogP contribution in [-0.4, -0.2) is 44.1 Å². The second-order valence-electron chi connectivity index (χ2n) is 9.02. The van der Waals surface area contributed by atoms with Crippen molar-refractivity contribution < 1.29 is 0 Å². The number of rotatable bonds is 12. The van der Waals surface area contributed by atoms with Gasteiger partial charge in [-0.05, 0) is 91.6 Å². The summed E-state index contributed by atoms with van der Waals surface area (Å²) in [5.74, 6) is 0.529. The molecule has 2 aromatic rings. The largest absolute Gasteiger partial charge is 0.320 e. The third-order valence-electron chi connectivity index (χ3n) is 6.85. The number of hydrogen-bond donors (Lipinski definition) is 2. The molecule has 3 rings (SSSR count). The Morgan fingerprint density at radius 3 is 2.68 bits per heavy atom. The minimum absolute atomic E-state index is 0.209. The molecule has 0 aliphatic heterocycles. The fourth-order valence-electron chi connectivity index (χ4n) is 4.61. The van der Waals surface area contributed by atoms with E-state index in [2.05, 4.69) is 74.2 Å². The van der Waals surface area contributed by atoms with Crippen molar-refractivity contribution in [3.05, 3.63) is 76.4 Å². The van der Waals surface area contributed by atoms with Crippen LogP contribution in [0.4, 0.5) is 0 Å². The summed E-state index contributed by atoms with van der Waals surface area (Å²) in [6.07, 6.45) is 4.71. The molecule has 4 heteroatoms. The first-order chi connectivity index (χ1) is 14.9. The van der Waals surface area contributed by atoms with E-state index in [4.69, 9.17) is 5.73 Å². The van der Waals surface area contributed by atoms with E-state index < -0.39 is 0 Å². The van der Waals surface area contributed by atoms with Gasteiger partial charge in [-0.25, -0.2) is 5.43 Å². The Balaban J connectivity index is 1.53. The van der Waals surface area contributed by atoms with Crippen molar-refractivity contribution in [1.29, 1.82) is 0 Å². The van der Waals surface area contributed by atoms with Gasteiger partial charge in [-0.3, -0.25) is 0 Å². The fourth-order valence-corrected chi connectivity index (χ4v) is 4.61. The van der Waals surface area contributed by atoms with E-state index in [1.165, 1.54) is 46.2 Å². The highest BCUT2D eigenvalue weighted by Gasteiger charge is 2.30. The Hall–Kier alpha value is -2.14. The molecule has 4 nitrogen and oxygen atoms in total. The maximum atomic E-state index is 6.12. The van der Waals surface area contributed by atoms with Gasteiger partial charge in [-0.1, -0.05) is 43.8 Å². The molecule has 1 aliphatic carbocycles. The molecule has 3 N–H and O–H groups in total. The number of benzene rings is 2. The first kappa shape index (κ1) is 23.5. The van der Waals surface area contributed by atoms with Crippen LogP contribution in [0.15, 0.2) is 43.0 Å². The quantitative estimate of drug-likeness (QED) is 0.381. The van der Waals surface area contributed by atoms with Crippen molar-refractivity contribution in [2.45, 2.75) is 51.5 Å². The predicted octanol–water partition coefficient (Wildman–Crippen LogP) is 4.84. The number of fused-ring (bicyclic) bond motifs is 1. The SMILES string of the molecule is C=C(c1ccc(C)c(C(CC)CN(C)CCCCc2cccc3c2C3N)c1)N(C)NC. The maximum Gasteiger partial charge on any atom is 0.0561 e. The summed E-state index contributed by atoms with van der Waals surface area (Å²) in [6.45, 7) is 11.0. The van der Waals surface area contributed by atoms with Gasteiger partial charge in [0.05, 0.1) is 11.7 Å². The number of hydrazine groups is 1. The Bertz CT molecular complexity index is 904. The number of nitrogens with zero attached hydrogens (tertiary/aromatic N) is 2. The second kappa shape index (κ2) is 10.4. The Kier molecular flexibility index (Phi) is 7.93. The summed E-state index contributed by atoms with van der Waals surface area (Å²) in [4.78, 5) is 2.50. The molecule has 0 saturated heterocycles. The van der Waals surface area contributed by atoms with Gasteiger partial charge in [0, 0.05) is 20.6 Å². The van der Waals surface area contributed by atoms with Gasteiger partial charge in [0.15, 0.2) is 0 Å². The van der Waals surface area contributed by atoms with Crippen LogP contribution in [0.3, 0.4) is 0 Å². The van der Waals surface area contributed by atoms with Crippen molar-refractivity contribution >= 4 is 5.70 Å². The summed E-state index contributed by atoms with van der Waals surface area (Å²) >= 11 is 0. The molecule has 31 heavy (non-hydrogen) atoms. The van der Waals surface area contributed by atoms with Crippen LogP contribution in [0, 0.1) is 6.92 Å². The predicted molar refractivity (Wildman–Crippen MR) is 133 cm³/mol. The standard InChI is InChI=1S/C27H40N4/c1-7-21(25-17-23(15-14-19(25)2)20(3)31(6)29-4)18-30(5)16-9-8-11-22-12-10-13-24-26(22)27(24)28/h10,12-15,17,21,27,29H,3,7-9,11,16,18,28H2,1-2,4-6H3. The Morgan fingerprint density at radius 2 is 1.97 bits per heavy atom.